The summed E-state index contributed by atoms with van der Waals surface area (Å²) in [6.07, 6.45) is -0.118. The summed E-state index contributed by atoms with van der Waals surface area (Å²) in [5.74, 6) is 0.802. The number of β-amino-alcohol motifs (C(OH)–C–C–N with tert-alkyl or cyclic N) is 1. The van der Waals surface area contributed by atoms with Gasteiger partial charge in [-0.15, -0.1) is 12.4 Å². The molecule has 1 aliphatic rings. The molecule has 1 saturated heterocycles. The highest BCUT2D eigenvalue weighted by molar-refractivity contribution is 5.85. The fourth-order valence-corrected chi connectivity index (χ4v) is 3.42. The van der Waals surface area contributed by atoms with Crippen molar-refractivity contribution in [2.75, 3.05) is 26.2 Å². The molecule has 0 amide bonds. The van der Waals surface area contributed by atoms with Crippen LogP contribution in [-0.4, -0.2) is 54.6 Å². The van der Waals surface area contributed by atoms with Gasteiger partial charge in [0.2, 0.25) is 0 Å². The topological polar surface area (TPSA) is 41.9 Å². The van der Waals surface area contributed by atoms with Crippen LogP contribution in [0.2, 0.25) is 0 Å². The molecule has 4 nitrogen and oxygen atoms in total. The third-order valence-corrected chi connectivity index (χ3v) is 4.37. The van der Waals surface area contributed by atoms with Crippen molar-refractivity contribution in [3.63, 3.8) is 0 Å². The number of hydrogen-bond acceptors (Lipinski definition) is 4. The first-order chi connectivity index (χ1) is 12.1. The predicted molar refractivity (Wildman–Crippen MR) is 107 cm³/mol. The van der Waals surface area contributed by atoms with Gasteiger partial charge in [0, 0.05) is 25.2 Å². The Kier molecular flexibility index (Phi) is 7.91. The van der Waals surface area contributed by atoms with E-state index in [1.165, 1.54) is 0 Å². The monoisotopic (exact) mass is 377 g/mol. The van der Waals surface area contributed by atoms with E-state index < -0.39 is 6.10 Å². The van der Waals surface area contributed by atoms with Gasteiger partial charge in [0.05, 0.1) is 12.2 Å². The molecular formula is C21H28ClNO3. The standard InChI is InChI=1S/C21H27NO3.ClH/c1-16-12-22(13-17(2)25-16)14-19(23)15-24-21-11-7-6-10-20(21)18-8-4-3-5-9-18;/h3-11,16-17,19,23H,12-15H2,1-2H3;1H. The number of para-hydroxylation sites is 1. The zero-order chi connectivity index (χ0) is 17.6. The summed E-state index contributed by atoms with van der Waals surface area (Å²) in [7, 11) is 0. The van der Waals surface area contributed by atoms with Gasteiger partial charge in [-0.05, 0) is 25.5 Å². The summed E-state index contributed by atoms with van der Waals surface area (Å²) < 4.78 is 11.7. The second kappa shape index (κ2) is 9.93. The second-order valence-corrected chi connectivity index (χ2v) is 6.80. The van der Waals surface area contributed by atoms with E-state index >= 15 is 0 Å². The first kappa shape index (κ1) is 20.7. The first-order valence-electron chi connectivity index (χ1n) is 8.95. The molecule has 0 bridgehead atoms. The van der Waals surface area contributed by atoms with Crippen LogP contribution in [-0.2, 0) is 4.74 Å². The maximum Gasteiger partial charge on any atom is 0.127 e. The molecule has 5 heteroatoms. The molecule has 3 rings (SSSR count). The van der Waals surface area contributed by atoms with Crippen LogP contribution in [0.1, 0.15) is 13.8 Å². The zero-order valence-electron chi connectivity index (χ0n) is 15.4. The van der Waals surface area contributed by atoms with E-state index in [1.54, 1.807) is 0 Å². The van der Waals surface area contributed by atoms with Gasteiger partial charge in [-0.2, -0.15) is 0 Å². The Hall–Kier alpha value is -1.59. The smallest absolute Gasteiger partial charge is 0.127 e. The summed E-state index contributed by atoms with van der Waals surface area (Å²) in [6.45, 7) is 6.73. The molecule has 1 fully saturated rings. The van der Waals surface area contributed by atoms with E-state index in [2.05, 4.69) is 30.9 Å². The number of halogens is 1. The van der Waals surface area contributed by atoms with Crippen molar-refractivity contribution in [1.82, 2.24) is 4.90 Å². The van der Waals surface area contributed by atoms with Crippen molar-refractivity contribution < 1.29 is 14.6 Å². The second-order valence-electron chi connectivity index (χ2n) is 6.80. The molecular weight excluding hydrogens is 350 g/mol. The van der Waals surface area contributed by atoms with Crippen LogP contribution in [0, 0.1) is 0 Å². The van der Waals surface area contributed by atoms with Gasteiger partial charge in [-0.3, -0.25) is 4.90 Å². The maximum atomic E-state index is 10.4. The van der Waals surface area contributed by atoms with Crippen LogP contribution in [0.4, 0.5) is 0 Å². The Morgan fingerprint density at radius 1 is 1.04 bits per heavy atom. The summed E-state index contributed by atoms with van der Waals surface area (Å²) in [5, 5.41) is 10.4. The van der Waals surface area contributed by atoms with Crippen molar-refractivity contribution in [2.45, 2.75) is 32.2 Å². The highest BCUT2D eigenvalue weighted by atomic mass is 35.5. The highest BCUT2D eigenvalue weighted by Crippen LogP contribution is 2.29. The van der Waals surface area contributed by atoms with E-state index in [9.17, 15) is 5.11 Å². The van der Waals surface area contributed by atoms with Gasteiger partial charge in [0.15, 0.2) is 0 Å². The lowest BCUT2D eigenvalue weighted by molar-refractivity contribution is -0.0786. The molecule has 142 valence electrons. The number of morpholine rings is 1. The minimum absolute atomic E-state index is 0. The number of rotatable bonds is 6. The van der Waals surface area contributed by atoms with Gasteiger partial charge in [-0.1, -0.05) is 48.5 Å². The van der Waals surface area contributed by atoms with Gasteiger partial charge < -0.3 is 14.6 Å². The Bertz CT molecular complexity index is 657. The maximum absolute atomic E-state index is 10.4. The largest absolute Gasteiger partial charge is 0.490 e. The van der Waals surface area contributed by atoms with E-state index in [-0.39, 0.29) is 31.2 Å². The molecule has 0 saturated carbocycles. The molecule has 0 radical (unpaired) electrons. The third-order valence-electron chi connectivity index (χ3n) is 4.37. The Balaban J connectivity index is 0.00000243. The lowest BCUT2D eigenvalue weighted by atomic mass is 10.1. The van der Waals surface area contributed by atoms with Gasteiger partial charge in [0.25, 0.3) is 0 Å². The number of nitrogens with zero attached hydrogens (tertiary/aromatic N) is 1. The van der Waals surface area contributed by atoms with Gasteiger partial charge in [-0.25, -0.2) is 0 Å². The minimum atomic E-state index is -0.527. The average molecular weight is 378 g/mol. The Morgan fingerprint density at radius 2 is 1.65 bits per heavy atom. The molecule has 2 aromatic carbocycles. The molecule has 0 aromatic heterocycles. The van der Waals surface area contributed by atoms with Gasteiger partial charge in [0.1, 0.15) is 18.5 Å². The number of benzene rings is 2. The first-order valence-corrected chi connectivity index (χ1v) is 8.95. The lowest BCUT2D eigenvalue weighted by Gasteiger charge is -2.36. The summed E-state index contributed by atoms with van der Waals surface area (Å²) >= 11 is 0. The van der Waals surface area contributed by atoms with Crippen molar-refractivity contribution >= 4 is 12.4 Å². The number of aliphatic hydroxyl groups is 1. The fourth-order valence-electron chi connectivity index (χ4n) is 3.42. The number of hydrogen-bond donors (Lipinski definition) is 1. The van der Waals surface area contributed by atoms with Crippen LogP contribution in [0.25, 0.3) is 11.1 Å². The van der Waals surface area contributed by atoms with E-state index in [1.807, 2.05) is 42.5 Å². The minimum Gasteiger partial charge on any atom is -0.490 e. The van der Waals surface area contributed by atoms with Crippen LogP contribution < -0.4 is 4.74 Å². The fraction of sp³-hybridized carbons (Fsp3) is 0.429. The van der Waals surface area contributed by atoms with Crippen molar-refractivity contribution in [3.05, 3.63) is 54.6 Å². The van der Waals surface area contributed by atoms with Crippen LogP contribution in [0.5, 0.6) is 5.75 Å². The normalized spacial score (nSPS) is 21.7. The third kappa shape index (κ3) is 5.71. The molecule has 0 aliphatic carbocycles. The SMILES string of the molecule is CC1CN(CC(O)COc2ccccc2-c2ccccc2)CC(C)O1.Cl. The zero-order valence-corrected chi connectivity index (χ0v) is 16.2. The van der Waals surface area contributed by atoms with E-state index in [4.69, 9.17) is 9.47 Å². The lowest BCUT2D eigenvalue weighted by Crippen LogP contribution is -2.48. The van der Waals surface area contributed by atoms with Crippen molar-refractivity contribution in [1.29, 1.82) is 0 Å². The molecule has 1 N–H and O–H groups in total. The van der Waals surface area contributed by atoms with Crippen LogP contribution in [0.15, 0.2) is 54.6 Å². The molecule has 0 spiro atoms. The number of ether oxygens (including phenoxy) is 2. The molecule has 2 aromatic rings. The Morgan fingerprint density at radius 3 is 2.35 bits per heavy atom. The summed E-state index contributed by atoms with van der Waals surface area (Å²) in [5.41, 5.74) is 2.16. The van der Waals surface area contributed by atoms with Crippen LogP contribution in [0.3, 0.4) is 0 Å². The molecule has 3 unspecified atom stereocenters. The average Bonchev–Trinajstić information content (AvgIpc) is 2.60. The number of aliphatic hydroxyl groups excluding tert-OH is 1. The molecule has 3 atom stereocenters. The van der Waals surface area contributed by atoms with Crippen molar-refractivity contribution in [2.24, 2.45) is 0 Å². The van der Waals surface area contributed by atoms with E-state index in [0.717, 1.165) is 30.0 Å². The summed E-state index contributed by atoms with van der Waals surface area (Å²) in [4.78, 5) is 2.25. The Labute approximate surface area is 162 Å². The van der Waals surface area contributed by atoms with Crippen molar-refractivity contribution in [3.8, 4) is 16.9 Å². The highest BCUT2D eigenvalue weighted by Gasteiger charge is 2.24. The summed E-state index contributed by atoms with van der Waals surface area (Å²) in [6, 6.07) is 18.1. The predicted octanol–water partition coefficient (Wildman–Crippen LogP) is 3.62. The van der Waals surface area contributed by atoms with E-state index in [0.29, 0.717) is 6.54 Å². The molecule has 26 heavy (non-hydrogen) atoms. The molecule has 1 heterocycles. The quantitative estimate of drug-likeness (QED) is 0.834. The molecule has 1 aliphatic heterocycles. The van der Waals surface area contributed by atoms with Gasteiger partial charge >= 0.3 is 0 Å². The van der Waals surface area contributed by atoms with Crippen LogP contribution >= 0.6 is 12.4 Å².